The van der Waals surface area contributed by atoms with Crippen LogP contribution in [0.15, 0.2) is 16.6 Å². The molecule has 0 aliphatic heterocycles. The van der Waals surface area contributed by atoms with Crippen molar-refractivity contribution in [3.8, 4) is 0 Å². The molecule has 1 amide bonds. The van der Waals surface area contributed by atoms with E-state index in [4.69, 9.17) is 5.73 Å². The number of hydrogen-bond donors (Lipinski definition) is 1. The second kappa shape index (κ2) is 4.10. The SMILES string of the molecule is CC(C)n1c(C(N)=O)nc2c(F)cc(Br)cc21. The molecule has 1 aromatic heterocycles. The van der Waals surface area contributed by atoms with Gasteiger partial charge in [-0.25, -0.2) is 9.37 Å². The Balaban J connectivity index is 2.90. The highest BCUT2D eigenvalue weighted by Crippen LogP contribution is 2.26. The highest BCUT2D eigenvalue weighted by atomic mass is 79.9. The molecule has 1 aromatic carbocycles. The summed E-state index contributed by atoms with van der Waals surface area (Å²) in [6, 6.07) is 3.00. The molecule has 4 nitrogen and oxygen atoms in total. The summed E-state index contributed by atoms with van der Waals surface area (Å²) < 4.78 is 15.9. The maximum absolute atomic E-state index is 13.7. The number of rotatable bonds is 2. The first-order valence-electron chi connectivity index (χ1n) is 5.08. The van der Waals surface area contributed by atoms with Crippen LogP contribution in [0, 0.1) is 5.82 Å². The van der Waals surface area contributed by atoms with Crippen molar-refractivity contribution in [1.82, 2.24) is 9.55 Å². The van der Waals surface area contributed by atoms with Crippen LogP contribution in [0.3, 0.4) is 0 Å². The average molecular weight is 300 g/mol. The molecule has 2 rings (SSSR count). The number of imidazole rings is 1. The third kappa shape index (κ3) is 1.93. The third-order valence-electron chi connectivity index (χ3n) is 2.45. The van der Waals surface area contributed by atoms with Gasteiger partial charge in [0, 0.05) is 10.5 Å². The van der Waals surface area contributed by atoms with Crippen LogP contribution in [0.1, 0.15) is 30.5 Å². The number of aromatic nitrogens is 2. The van der Waals surface area contributed by atoms with E-state index in [0.29, 0.717) is 9.99 Å². The first-order valence-corrected chi connectivity index (χ1v) is 5.88. The number of amides is 1. The standard InChI is InChI=1S/C11H11BrFN3O/c1-5(2)16-8-4-6(12)3-7(13)9(8)15-11(16)10(14)17/h3-5H,1-2H3,(H2,14,17). The van der Waals surface area contributed by atoms with Crippen LogP contribution < -0.4 is 5.73 Å². The molecule has 0 fully saturated rings. The minimum Gasteiger partial charge on any atom is -0.363 e. The maximum atomic E-state index is 13.7. The summed E-state index contributed by atoms with van der Waals surface area (Å²) in [6.45, 7) is 3.76. The van der Waals surface area contributed by atoms with Crippen LogP contribution in [-0.4, -0.2) is 15.5 Å². The summed E-state index contributed by atoms with van der Waals surface area (Å²) in [5.41, 5.74) is 5.97. The van der Waals surface area contributed by atoms with E-state index in [0.717, 1.165) is 0 Å². The molecular weight excluding hydrogens is 289 g/mol. The first-order chi connectivity index (χ1) is 7.91. The Bertz CT molecular complexity index is 606. The van der Waals surface area contributed by atoms with Crippen molar-refractivity contribution in [3.05, 3.63) is 28.2 Å². The van der Waals surface area contributed by atoms with E-state index in [2.05, 4.69) is 20.9 Å². The fourth-order valence-corrected chi connectivity index (χ4v) is 2.23. The number of carbonyl (C=O) groups excluding carboxylic acids is 1. The molecule has 0 aliphatic rings. The van der Waals surface area contributed by atoms with E-state index < -0.39 is 11.7 Å². The zero-order valence-corrected chi connectivity index (χ0v) is 11.0. The minimum atomic E-state index is -0.662. The van der Waals surface area contributed by atoms with Crippen LogP contribution in [0.4, 0.5) is 4.39 Å². The number of nitrogens with two attached hydrogens (primary N) is 1. The Morgan fingerprint density at radius 1 is 1.53 bits per heavy atom. The Kier molecular flexibility index (Phi) is 2.91. The largest absolute Gasteiger partial charge is 0.363 e. The van der Waals surface area contributed by atoms with Crippen LogP contribution in [0.25, 0.3) is 11.0 Å². The van der Waals surface area contributed by atoms with Gasteiger partial charge in [0.1, 0.15) is 5.52 Å². The molecule has 0 atom stereocenters. The number of fused-ring (bicyclic) bond motifs is 1. The number of halogens is 2. The van der Waals surface area contributed by atoms with Gasteiger partial charge in [0.25, 0.3) is 5.91 Å². The fraction of sp³-hybridized carbons (Fsp3) is 0.273. The zero-order valence-electron chi connectivity index (χ0n) is 9.37. The van der Waals surface area contributed by atoms with Gasteiger partial charge in [-0.15, -0.1) is 0 Å². The predicted molar refractivity (Wildman–Crippen MR) is 66.3 cm³/mol. The fourth-order valence-electron chi connectivity index (χ4n) is 1.82. The lowest BCUT2D eigenvalue weighted by molar-refractivity contribution is 0.0985. The quantitative estimate of drug-likeness (QED) is 0.926. The molecule has 0 unspecified atom stereocenters. The van der Waals surface area contributed by atoms with Gasteiger partial charge in [0.2, 0.25) is 0 Å². The first kappa shape index (κ1) is 12.0. The molecule has 2 N–H and O–H groups in total. The number of hydrogen-bond acceptors (Lipinski definition) is 2. The van der Waals surface area contributed by atoms with Crippen LogP contribution in [0.5, 0.6) is 0 Å². The van der Waals surface area contributed by atoms with Gasteiger partial charge in [0.15, 0.2) is 11.6 Å². The predicted octanol–water partition coefficient (Wildman–Crippen LogP) is 2.62. The van der Waals surface area contributed by atoms with Crippen molar-refractivity contribution in [3.63, 3.8) is 0 Å². The summed E-state index contributed by atoms with van der Waals surface area (Å²) in [7, 11) is 0. The van der Waals surface area contributed by atoms with Crippen LogP contribution in [-0.2, 0) is 0 Å². The Morgan fingerprint density at radius 3 is 2.71 bits per heavy atom. The van der Waals surface area contributed by atoms with Gasteiger partial charge in [-0.05, 0) is 26.0 Å². The second-order valence-corrected chi connectivity index (χ2v) is 4.93. The summed E-state index contributed by atoms with van der Waals surface area (Å²) in [5, 5.41) is 0. The van der Waals surface area contributed by atoms with Crippen molar-refractivity contribution in [2.45, 2.75) is 19.9 Å². The van der Waals surface area contributed by atoms with E-state index in [1.165, 1.54) is 6.07 Å². The Morgan fingerprint density at radius 2 is 2.18 bits per heavy atom. The summed E-state index contributed by atoms with van der Waals surface area (Å²) in [4.78, 5) is 15.3. The molecule has 90 valence electrons. The van der Waals surface area contributed by atoms with Gasteiger partial charge in [-0.2, -0.15) is 0 Å². The van der Waals surface area contributed by atoms with Crippen LogP contribution >= 0.6 is 15.9 Å². The van der Waals surface area contributed by atoms with E-state index in [9.17, 15) is 9.18 Å². The van der Waals surface area contributed by atoms with Crippen molar-refractivity contribution in [2.24, 2.45) is 5.73 Å². The third-order valence-corrected chi connectivity index (χ3v) is 2.91. The molecule has 0 saturated heterocycles. The molecule has 2 aromatic rings. The van der Waals surface area contributed by atoms with E-state index in [1.54, 1.807) is 10.6 Å². The normalized spacial score (nSPS) is 11.4. The van der Waals surface area contributed by atoms with Gasteiger partial charge in [0.05, 0.1) is 5.52 Å². The molecular formula is C11H11BrFN3O. The maximum Gasteiger partial charge on any atom is 0.284 e. The lowest BCUT2D eigenvalue weighted by Crippen LogP contribution is -2.19. The van der Waals surface area contributed by atoms with E-state index in [1.807, 2.05) is 13.8 Å². The monoisotopic (exact) mass is 299 g/mol. The Labute approximate surface area is 106 Å². The number of nitrogens with zero attached hydrogens (tertiary/aromatic N) is 2. The highest BCUT2D eigenvalue weighted by Gasteiger charge is 2.19. The van der Waals surface area contributed by atoms with Gasteiger partial charge in [-0.3, -0.25) is 4.79 Å². The highest BCUT2D eigenvalue weighted by molar-refractivity contribution is 9.10. The molecule has 0 radical (unpaired) electrons. The summed E-state index contributed by atoms with van der Waals surface area (Å²) >= 11 is 3.22. The van der Waals surface area contributed by atoms with Crippen LogP contribution in [0.2, 0.25) is 0 Å². The van der Waals surface area contributed by atoms with Crippen molar-refractivity contribution < 1.29 is 9.18 Å². The van der Waals surface area contributed by atoms with E-state index in [-0.39, 0.29) is 17.4 Å². The number of benzene rings is 1. The van der Waals surface area contributed by atoms with E-state index >= 15 is 0 Å². The Hall–Kier alpha value is -1.43. The van der Waals surface area contributed by atoms with Gasteiger partial charge < -0.3 is 10.3 Å². The lowest BCUT2D eigenvalue weighted by atomic mass is 10.3. The van der Waals surface area contributed by atoms with Gasteiger partial charge in [-0.1, -0.05) is 15.9 Å². The molecule has 6 heteroatoms. The number of carbonyl (C=O) groups is 1. The summed E-state index contributed by atoms with van der Waals surface area (Å²) in [5.74, 6) is -1.06. The molecule has 1 heterocycles. The van der Waals surface area contributed by atoms with Crippen molar-refractivity contribution in [2.75, 3.05) is 0 Å². The average Bonchev–Trinajstić information content (AvgIpc) is 2.56. The van der Waals surface area contributed by atoms with Crippen molar-refractivity contribution in [1.29, 1.82) is 0 Å². The van der Waals surface area contributed by atoms with Gasteiger partial charge >= 0.3 is 0 Å². The molecule has 17 heavy (non-hydrogen) atoms. The molecule has 0 aliphatic carbocycles. The molecule has 0 spiro atoms. The summed E-state index contributed by atoms with van der Waals surface area (Å²) in [6.07, 6.45) is 0. The molecule has 0 bridgehead atoms. The second-order valence-electron chi connectivity index (χ2n) is 4.02. The zero-order chi connectivity index (χ0) is 12.7. The topological polar surface area (TPSA) is 60.9 Å². The van der Waals surface area contributed by atoms with Crippen molar-refractivity contribution >= 4 is 32.9 Å². The minimum absolute atomic E-state index is 0.0313. The number of primary amides is 1. The lowest BCUT2D eigenvalue weighted by Gasteiger charge is -2.11. The smallest absolute Gasteiger partial charge is 0.284 e. The molecule has 0 saturated carbocycles.